The standard InChI is InChI=1S/C27H28ClN3O5/c28-19-6-3-17(4-7-19)18-5-8-21-20(13-18)26(36)31-12-11-30(16-22(31)25(35)29-21)23(32)14-27(15-24(33)34)9-1-2-10-27/h3-8,13,22H,1-2,9-12,14-16H2,(H,29,35)(H,33,34). The molecule has 8 nitrogen and oxygen atoms in total. The zero-order valence-electron chi connectivity index (χ0n) is 19.8. The molecule has 188 valence electrons. The van der Waals surface area contributed by atoms with E-state index in [-0.39, 0.29) is 43.7 Å². The lowest BCUT2D eigenvalue weighted by Crippen LogP contribution is -2.59. The summed E-state index contributed by atoms with van der Waals surface area (Å²) in [6.07, 6.45) is 3.42. The third-order valence-corrected chi connectivity index (χ3v) is 7.95. The van der Waals surface area contributed by atoms with Gasteiger partial charge in [0, 0.05) is 24.5 Å². The van der Waals surface area contributed by atoms with Crippen LogP contribution in [-0.4, -0.2) is 64.3 Å². The van der Waals surface area contributed by atoms with E-state index in [2.05, 4.69) is 5.32 Å². The lowest BCUT2D eigenvalue weighted by molar-refractivity contribution is -0.142. The van der Waals surface area contributed by atoms with Gasteiger partial charge in [0.05, 0.1) is 24.2 Å². The molecule has 1 unspecified atom stereocenters. The summed E-state index contributed by atoms with van der Waals surface area (Å²) in [5.41, 5.74) is 2.07. The van der Waals surface area contributed by atoms with Crippen LogP contribution in [0.5, 0.6) is 0 Å². The van der Waals surface area contributed by atoms with Crippen LogP contribution in [0.2, 0.25) is 5.02 Å². The predicted molar refractivity (Wildman–Crippen MR) is 135 cm³/mol. The van der Waals surface area contributed by atoms with E-state index in [0.29, 0.717) is 22.8 Å². The van der Waals surface area contributed by atoms with E-state index in [9.17, 15) is 24.3 Å². The Hall–Kier alpha value is -3.39. The van der Waals surface area contributed by atoms with Crippen molar-refractivity contribution in [3.05, 3.63) is 53.1 Å². The summed E-state index contributed by atoms with van der Waals surface area (Å²) in [6.45, 7) is 0.639. The molecule has 0 spiro atoms. The van der Waals surface area contributed by atoms with E-state index in [1.165, 1.54) is 0 Å². The molecule has 2 heterocycles. The molecule has 3 amide bonds. The molecule has 2 aromatic rings. The second kappa shape index (κ2) is 9.58. The molecule has 2 aromatic carbocycles. The first kappa shape index (κ1) is 24.3. The van der Waals surface area contributed by atoms with Gasteiger partial charge in [-0.3, -0.25) is 19.2 Å². The second-order valence-corrected chi connectivity index (χ2v) is 10.5. The molecule has 36 heavy (non-hydrogen) atoms. The topological polar surface area (TPSA) is 107 Å². The number of amides is 3. The summed E-state index contributed by atoms with van der Waals surface area (Å²) < 4.78 is 0. The van der Waals surface area contributed by atoms with Crippen LogP contribution < -0.4 is 5.32 Å². The van der Waals surface area contributed by atoms with Crippen LogP contribution >= 0.6 is 11.6 Å². The molecule has 3 aliphatic rings. The minimum Gasteiger partial charge on any atom is -0.481 e. The zero-order valence-corrected chi connectivity index (χ0v) is 20.6. The number of piperazine rings is 1. The fraction of sp³-hybridized carbons (Fsp3) is 0.407. The van der Waals surface area contributed by atoms with Crippen molar-refractivity contribution in [2.75, 3.05) is 25.0 Å². The van der Waals surface area contributed by atoms with Crippen LogP contribution in [0.4, 0.5) is 5.69 Å². The van der Waals surface area contributed by atoms with Crippen molar-refractivity contribution in [3.63, 3.8) is 0 Å². The Bertz CT molecular complexity index is 1220. The van der Waals surface area contributed by atoms with Gasteiger partial charge in [-0.1, -0.05) is 42.6 Å². The molecule has 0 bridgehead atoms. The van der Waals surface area contributed by atoms with Crippen molar-refractivity contribution < 1.29 is 24.3 Å². The maximum absolute atomic E-state index is 13.5. The van der Waals surface area contributed by atoms with Crippen molar-refractivity contribution in [1.82, 2.24) is 9.80 Å². The molecular formula is C27H28ClN3O5. The Labute approximate surface area is 214 Å². The average molecular weight is 510 g/mol. The van der Waals surface area contributed by atoms with Crippen molar-refractivity contribution >= 4 is 41.0 Å². The molecule has 1 saturated carbocycles. The van der Waals surface area contributed by atoms with Crippen molar-refractivity contribution in [2.24, 2.45) is 5.41 Å². The summed E-state index contributed by atoms with van der Waals surface area (Å²) in [6, 6.07) is 11.9. The Kier molecular flexibility index (Phi) is 6.47. The normalized spacial score (nSPS) is 20.9. The van der Waals surface area contributed by atoms with Crippen LogP contribution in [-0.2, 0) is 14.4 Å². The second-order valence-electron chi connectivity index (χ2n) is 10.1. The zero-order chi connectivity index (χ0) is 25.4. The fourth-order valence-corrected chi connectivity index (χ4v) is 5.92. The number of rotatable bonds is 5. The van der Waals surface area contributed by atoms with Crippen LogP contribution in [0.3, 0.4) is 0 Å². The van der Waals surface area contributed by atoms with Crippen LogP contribution in [0.1, 0.15) is 48.9 Å². The average Bonchev–Trinajstić information content (AvgIpc) is 3.27. The lowest BCUT2D eigenvalue weighted by atomic mass is 9.79. The number of carboxylic acids is 1. The van der Waals surface area contributed by atoms with Gasteiger partial charge in [0.25, 0.3) is 5.91 Å². The first-order chi connectivity index (χ1) is 17.2. The van der Waals surface area contributed by atoms with E-state index >= 15 is 0 Å². The highest BCUT2D eigenvalue weighted by atomic mass is 35.5. The number of anilines is 1. The van der Waals surface area contributed by atoms with Gasteiger partial charge in [0.15, 0.2) is 0 Å². The molecule has 1 saturated heterocycles. The molecular weight excluding hydrogens is 482 g/mol. The Morgan fingerprint density at radius 1 is 1.00 bits per heavy atom. The first-order valence-corrected chi connectivity index (χ1v) is 12.6. The lowest BCUT2D eigenvalue weighted by Gasteiger charge is -2.40. The van der Waals surface area contributed by atoms with E-state index < -0.39 is 17.4 Å². The number of carbonyl (C=O) groups is 4. The Morgan fingerprint density at radius 3 is 2.39 bits per heavy atom. The van der Waals surface area contributed by atoms with Gasteiger partial charge >= 0.3 is 5.97 Å². The van der Waals surface area contributed by atoms with Crippen LogP contribution in [0.25, 0.3) is 11.1 Å². The van der Waals surface area contributed by atoms with E-state index in [4.69, 9.17) is 11.6 Å². The highest BCUT2D eigenvalue weighted by Crippen LogP contribution is 2.44. The third-order valence-electron chi connectivity index (χ3n) is 7.70. The molecule has 0 aromatic heterocycles. The molecule has 1 atom stereocenters. The number of aliphatic carboxylic acids is 1. The fourth-order valence-electron chi connectivity index (χ4n) is 5.79. The van der Waals surface area contributed by atoms with Crippen molar-refractivity contribution in [1.29, 1.82) is 0 Å². The molecule has 5 rings (SSSR count). The maximum atomic E-state index is 13.5. The predicted octanol–water partition coefficient (Wildman–Crippen LogP) is 4.04. The summed E-state index contributed by atoms with van der Waals surface area (Å²) in [5.74, 6) is -1.63. The largest absolute Gasteiger partial charge is 0.481 e. The number of halogens is 1. The quantitative estimate of drug-likeness (QED) is 0.632. The van der Waals surface area contributed by atoms with Gasteiger partial charge in [-0.2, -0.15) is 0 Å². The Morgan fingerprint density at radius 2 is 1.69 bits per heavy atom. The summed E-state index contributed by atoms with van der Waals surface area (Å²) in [4.78, 5) is 54.5. The monoisotopic (exact) mass is 509 g/mol. The number of fused-ring (bicyclic) bond motifs is 2. The first-order valence-electron chi connectivity index (χ1n) is 12.3. The summed E-state index contributed by atoms with van der Waals surface area (Å²) in [7, 11) is 0. The smallest absolute Gasteiger partial charge is 0.303 e. The van der Waals surface area contributed by atoms with Crippen LogP contribution in [0, 0.1) is 5.41 Å². The molecule has 2 N–H and O–H groups in total. The minimum absolute atomic E-state index is 0.0215. The van der Waals surface area contributed by atoms with E-state index in [1.807, 2.05) is 18.2 Å². The number of nitrogens with one attached hydrogen (secondary N) is 1. The van der Waals surface area contributed by atoms with Gasteiger partial charge in [-0.15, -0.1) is 0 Å². The van der Waals surface area contributed by atoms with Gasteiger partial charge in [0.1, 0.15) is 6.04 Å². The van der Waals surface area contributed by atoms with Crippen LogP contribution in [0.15, 0.2) is 42.5 Å². The molecule has 0 radical (unpaired) electrons. The highest BCUT2D eigenvalue weighted by molar-refractivity contribution is 6.30. The van der Waals surface area contributed by atoms with Gasteiger partial charge in [0.2, 0.25) is 11.8 Å². The number of benzene rings is 2. The summed E-state index contributed by atoms with van der Waals surface area (Å²) in [5, 5.41) is 12.9. The molecule has 1 aliphatic carbocycles. The van der Waals surface area contributed by atoms with Crippen molar-refractivity contribution in [3.8, 4) is 11.1 Å². The maximum Gasteiger partial charge on any atom is 0.303 e. The molecule has 2 aliphatic heterocycles. The number of carbonyl (C=O) groups excluding carboxylic acids is 3. The van der Waals surface area contributed by atoms with E-state index in [0.717, 1.165) is 36.8 Å². The Balaban J connectivity index is 1.34. The van der Waals surface area contributed by atoms with Crippen molar-refractivity contribution in [2.45, 2.75) is 44.6 Å². The third kappa shape index (κ3) is 4.69. The SMILES string of the molecule is O=C(O)CC1(CC(=O)N2CCN3C(=O)c4cc(-c5ccc(Cl)cc5)ccc4NC(=O)C3C2)CCCC1. The number of nitrogens with zero attached hydrogens (tertiary/aromatic N) is 2. The van der Waals surface area contributed by atoms with Gasteiger partial charge in [-0.05, 0) is 53.6 Å². The number of hydrogen-bond donors (Lipinski definition) is 2. The number of carboxylic acid groups (broad SMARTS) is 1. The van der Waals surface area contributed by atoms with E-state index in [1.54, 1.807) is 34.1 Å². The number of hydrogen-bond acceptors (Lipinski definition) is 4. The summed E-state index contributed by atoms with van der Waals surface area (Å²) >= 11 is 6.00. The molecule has 9 heteroatoms. The van der Waals surface area contributed by atoms with Gasteiger partial charge < -0.3 is 20.2 Å². The highest BCUT2D eigenvalue weighted by Gasteiger charge is 2.43. The molecule has 2 fully saturated rings. The minimum atomic E-state index is -0.890. The van der Waals surface area contributed by atoms with Gasteiger partial charge in [-0.25, -0.2) is 0 Å².